The third kappa shape index (κ3) is 8.16. The normalized spacial score (nSPS) is 13.5. The van der Waals surface area contributed by atoms with E-state index in [0.717, 1.165) is 0 Å². The maximum atomic E-state index is 12.9. The van der Waals surface area contributed by atoms with Crippen LogP contribution >= 0.6 is 0 Å². The van der Waals surface area contributed by atoms with Crippen molar-refractivity contribution in [3.63, 3.8) is 0 Å². The second-order valence-corrected chi connectivity index (χ2v) is 6.75. The summed E-state index contributed by atoms with van der Waals surface area (Å²) in [5.41, 5.74) is 6.50. The number of amides is 3. The Morgan fingerprint density at radius 2 is 1.77 bits per heavy atom. The first kappa shape index (κ1) is 25.0. The summed E-state index contributed by atoms with van der Waals surface area (Å²) in [5.74, 6) is -3.01. The van der Waals surface area contributed by atoms with Crippen molar-refractivity contribution in [2.45, 2.75) is 38.3 Å². The zero-order chi connectivity index (χ0) is 22.7. The average Bonchev–Trinajstić information content (AvgIpc) is 2.75. The maximum absolute atomic E-state index is 12.9. The number of methoxy groups -OCH3 is 1. The fraction of sp³-hybridized carbons (Fsp3) is 0.500. The Balaban J connectivity index is 2.59. The quantitative estimate of drug-likeness (QED) is 0.358. The highest BCUT2D eigenvalue weighted by molar-refractivity contribution is 5.90. The Labute approximate surface area is 174 Å². The summed E-state index contributed by atoms with van der Waals surface area (Å²) in [7, 11) is 2.67. The Hall–Kier alpha value is -3.01. The first-order chi connectivity index (χ1) is 14.2. The van der Waals surface area contributed by atoms with Crippen molar-refractivity contribution in [1.82, 2.24) is 16.0 Å². The third-order valence-corrected chi connectivity index (χ3v) is 4.58. The van der Waals surface area contributed by atoms with E-state index in [0.29, 0.717) is 12.0 Å². The summed E-state index contributed by atoms with van der Waals surface area (Å²) < 4.78 is 17.6. The molecule has 0 fully saturated rings. The zero-order valence-corrected chi connectivity index (χ0v) is 17.4. The van der Waals surface area contributed by atoms with E-state index < -0.39 is 48.1 Å². The number of nitrogens with one attached hydrogen (secondary N) is 3. The first-order valence-electron chi connectivity index (χ1n) is 9.58. The van der Waals surface area contributed by atoms with Gasteiger partial charge in [0.1, 0.15) is 11.9 Å². The molecule has 0 bridgehead atoms. The molecule has 3 atom stereocenters. The minimum atomic E-state index is -1.03. The molecule has 0 saturated carbocycles. The Morgan fingerprint density at radius 3 is 2.30 bits per heavy atom. The summed E-state index contributed by atoms with van der Waals surface area (Å²) in [6.45, 7) is 1.39. The highest BCUT2D eigenvalue weighted by atomic mass is 19.1. The number of halogens is 1. The maximum Gasteiger partial charge on any atom is 0.328 e. The smallest absolute Gasteiger partial charge is 0.328 e. The second kappa shape index (κ2) is 12.5. The van der Waals surface area contributed by atoms with Gasteiger partial charge in [0, 0.05) is 13.0 Å². The van der Waals surface area contributed by atoms with Crippen LogP contribution in [0.5, 0.6) is 0 Å². The monoisotopic (exact) mass is 424 g/mol. The molecule has 166 valence electrons. The van der Waals surface area contributed by atoms with Crippen molar-refractivity contribution in [2.24, 2.45) is 11.7 Å². The first-order valence-corrected chi connectivity index (χ1v) is 9.58. The number of nitrogens with two attached hydrogens (primary N) is 1. The standard InChI is InChI=1S/C20H29FN4O5/c1-4-13(18(27)23-2)10-16(20(29)30-3)25-17(26)11-24-19(28)15(22)9-12-5-7-14(21)8-6-12/h5-8,13,15-16H,4,9-11,22H2,1-3H3,(H,23,27)(H,24,28)(H,25,26). The number of ether oxygens (including phenoxy) is 1. The van der Waals surface area contributed by atoms with Crippen molar-refractivity contribution in [3.8, 4) is 0 Å². The molecule has 0 radical (unpaired) electrons. The van der Waals surface area contributed by atoms with E-state index >= 15 is 0 Å². The Bertz CT molecular complexity index is 741. The van der Waals surface area contributed by atoms with Gasteiger partial charge in [-0.05, 0) is 37.0 Å². The van der Waals surface area contributed by atoms with Crippen LogP contribution in [-0.2, 0) is 30.3 Å². The van der Waals surface area contributed by atoms with Gasteiger partial charge in [0.2, 0.25) is 17.7 Å². The lowest BCUT2D eigenvalue weighted by Gasteiger charge is -2.21. The second-order valence-electron chi connectivity index (χ2n) is 6.75. The Morgan fingerprint density at radius 1 is 1.13 bits per heavy atom. The van der Waals surface area contributed by atoms with Crippen molar-refractivity contribution < 1.29 is 28.3 Å². The highest BCUT2D eigenvalue weighted by Crippen LogP contribution is 2.12. The predicted molar refractivity (Wildman–Crippen MR) is 108 cm³/mol. The molecule has 1 aromatic rings. The van der Waals surface area contributed by atoms with Crippen LogP contribution in [0, 0.1) is 11.7 Å². The van der Waals surface area contributed by atoms with Gasteiger partial charge in [0.05, 0.1) is 19.7 Å². The molecule has 3 amide bonds. The number of hydrogen-bond acceptors (Lipinski definition) is 6. The molecular formula is C20H29FN4O5. The van der Waals surface area contributed by atoms with Crippen LogP contribution in [0.4, 0.5) is 4.39 Å². The van der Waals surface area contributed by atoms with Crippen LogP contribution in [-0.4, -0.2) is 56.5 Å². The van der Waals surface area contributed by atoms with E-state index in [-0.39, 0.29) is 18.7 Å². The van der Waals surface area contributed by atoms with Gasteiger partial charge in [-0.3, -0.25) is 14.4 Å². The van der Waals surface area contributed by atoms with E-state index in [9.17, 15) is 23.6 Å². The molecule has 10 heteroatoms. The van der Waals surface area contributed by atoms with Crippen LogP contribution in [0.2, 0.25) is 0 Å². The minimum absolute atomic E-state index is 0.0621. The summed E-state index contributed by atoms with van der Waals surface area (Å²) in [6.07, 6.45) is 0.702. The lowest BCUT2D eigenvalue weighted by molar-refractivity contribution is -0.145. The average molecular weight is 424 g/mol. The van der Waals surface area contributed by atoms with E-state index in [4.69, 9.17) is 10.5 Å². The van der Waals surface area contributed by atoms with Crippen molar-refractivity contribution >= 4 is 23.7 Å². The molecule has 1 rings (SSSR count). The van der Waals surface area contributed by atoms with Gasteiger partial charge >= 0.3 is 5.97 Å². The lowest BCUT2D eigenvalue weighted by Crippen LogP contribution is -2.50. The molecule has 0 aromatic heterocycles. The van der Waals surface area contributed by atoms with Crippen molar-refractivity contribution in [2.75, 3.05) is 20.7 Å². The van der Waals surface area contributed by atoms with Crippen molar-refractivity contribution in [1.29, 1.82) is 0 Å². The van der Waals surface area contributed by atoms with Gasteiger partial charge in [0.25, 0.3) is 0 Å². The number of esters is 1. The highest BCUT2D eigenvalue weighted by Gasteiger charge is 2.28. The van der Waals surface area contributed by atoms with Gasteiger partial charge in [0.15, 0.2) is 0 Å². The molecule has 0 aliphatic rings. The molecule has 0 aliphatic carbocycles. The molecule has 1 aromatic carbocycles. The summed E-state index contributed by atoms with van der Waals surface area (Å²) in [4.78, 5) is 48.1. The van der Waals surface area contributed by atoms with E-state index in [1.807, 2.05) is 0 Å². The fourth-order valence-electron chi connectivity index (χ4n) is 2.82. The van der Waals surface area contributed by atoms with Gasteiger partial charge in [-0.25, -0.2) is 9.18 Å². The molecule has 9 nitrogen and oxygen atoms in total. The third-order valence-electron chi connectivity index (χ3n) is 4.58. The lowest BCUT2D eigenvalue weighted by atomic mass is 9.96. The molecule has 0 saturated heterocycles. The predicted octanol–water partition coefficient (Wildman–Crippen LogP) is -0.368. The number of hydrogen-bond donors (Lipinski definition) is 4. The Kier molecular flexibility index (Phi) is 10.5. The summed E-state index contributed by atoms with van der Waals surface area (Å²) in [6, 6.07) is 3.61. The number of carbonyl (C=O) groups is 4. The van der Waals surface area contributed by atoms with Gasteiger partial charge in [-0.1, -0.05) is 19.1 Å². The van der Waals surface area contributed by atoms with Gasteiger partial charge in [-0.2, -0.15) is 0 Å². The minimum Gasteiger partial charge on any atom is -0.467 e. The fourth-order valence-corrected chi connectivity index (χ4v) is 2.82. The van der Waals surface area contributed by atoms with Crippen LogP contribution in [0.25, 0.3) is 0 Å². The van der Waals surface area contributed by atoms with E-state index in [2.05, 4.69) is 16.0 Å². The molecule has 0 spiro atoms. The number of rotatable bonds is 11. The van der Waals surface area contributed by atoms with Crippen LogP contribution in [0.3, 0.4) is 0 Å². The summed E-state index contributed by atoms with van der Waals surface area (Å²) >= 11 is 0. The largest absolute Gasteiger partial charge is 0.467 e. The molecular weight excluding hydrogens is 395 g/mol. The number of carbonyl (C=O) groups excluding carboxylic acids is 4. The zero-order valence-electron chi connectivity index (χ0n) is 17.4. The van der Waals surface area contributed by atoms with E-state index in [1.165, 1.54) is 38.4 Å². The van der Waals surface area contributed by atoms with Gasteiger partial charge in [-0.15, -0.1) is 0 Å². The molecule has 3 unspecified atom stereocenters. The van der Waals surface area contributed by atoms with Crippen molar-refractivity contribution in [3.05, 3.63) is 35.6 Å². The SMILES string of the molecule is CCC(CC(NC(=O)CNC(=O)C(N)Cc1ccc(F)cc1)C(=O)OC)C(=O)NC. The molecule has 0 aliphatic heterocycles. The van der Waals surface area contributed by atoms with Crippen LogP contribution < -0.4 is 21.7 Å². The molecule has 30 heavy (non-hydrogen) atoms. The van der Waals surface area contributed by atoms with Gasteiger partial charge < -0.3 is 26.4 Å². The topological polar surface area (TPSA) is 140 Å². The van der Waals surface area contributed by atoms with E-state index in [1.54, 1.807) is 6.92 Å². The van der Waals surface area contributed by atoms with Crippen LogP contribution in [0.15, 0.2) is 24.3 Å². The molecule has 0 heterocycles. The summed E-state index contributed by atoms with van der Waals surface area (Å²) in [5, 5.41) is 7.38. The number of benzene rings is 1. The van der Waals surface area contributed by atoms with Crippen LogP contribution in [0.1, 0.15) is 25.3 Å². The molecule has 5 N–H and O–H groups in total.